The number of nitrogens with zero attached hydrogens (tertiary/aromatic N) is 5. The van der Waals surface area contributed by atoms with Crippen molar-refractivity contribution in [3.63, 3.8) is 0 Å². The van der Waals surface area contributed by atoms with E-state index in [1.807, 2.05) is 13.8 Å². The first-order valence-corrected chi connectivity index (χ1v) is 10.4. The molecular weight excluding hydrogens is 384 g/mol. The zero-order chi connectivity index (χ0) is 20.6. The van der Waals surface area contributed by atoms with Crippen LogP contribution in [0.15, 0.2) is 35.6 Å². The number of fused-ring (bicyclic) bond motifs is 1. The van der Waals surface area contributed by atoms with Crippen LogP contribution < -0.4 is 5.32 Å². The Hall–Kier alpha value is -3.08. The van der Waals surface area contributed by atoms with Gasteiger partial charge in [0.2, 0.25) is 15.8 Å². The van der Waals surface area contributed by atoms with Gasteiger partial charge in [-0.3, -0.25) is 10.1 Å². The van der Waals surface area contributed by atoms with Crippen LogP contribution in [0.4, 0.5) is 11.6 Å². The predicted octanol–water partition coefficient (Wildman–Crippen LogP) is 2.73. The molecule has 2 aromatic heterocycles. The molecule has 0 spiro atoms. The summed E-state index contributed by atoms with van der Waals surface area (Å²) in [5.74, 6) is 0.211. The Morgan fingerprint density at radius 3 is 2.43 bits per heavy atom. The lowest BCUT2D eigenvalue weighted by atomic mass is 10.1. The molecule has 10 nitrogen and oxygen atoms in total. The van der Waals surface area contributed by atoms with Gasteiger partial charge < -0.3 is 5.32 Å². The predicted molar refractivity (Wildman–Crippen MR) is 103 cm³/mol. The molecule has 0 amide bonds. The highest BCUT2D eigenvalue weighted by Crippen LogP contribution is 2.28. The zero-order valence-corrected chi connectivity index (χ0v) is 16.6. The van der Waals surface area contributed by atoms with Crippen LogP contribution in [0.1, 0.15) is 43.9 Å². The Morgan fingerprint density at radius 1 is 1.14 bits per heavy atom. The summed E-state index contributed by atoms with van der Waals surface area (Å²) in [4.78, 5) is 19.1. The third kappa shape index (κ3) is 3.65. The normalized spacial score (nSPS) is 13.0. The number of hydrogen-bond acceptors (Lipinski definition) is 8. The first-order valence-electron chi connectivity index (χ1n) is 8.55. The SMILES string of the molecule is CC(C)c1cnn2c(NC(C)c3ccccc3[N+](=O)[O-])nc(S(C)(=O)=O)nc12. The molecule has 1 aromatic carbocycles. The van der Waals surface area contributed by atoms with Gasteiger partial charge in [0, 0.05) is 17.9 Å². The molecule has 2 heterocycles. The molecule has 0 radical (unpaired) electrons. The molecule has 28 heavy (non-hydrogen) atoms. The summed E-state index contributed by atoms with van der Waals surface area (Å²) < 4.78 is 25.5. The Kier molecular flexibility index (Phi) is 5.02. The molecule has 0 saturated carbocycles. The van der Waals surface area contributed by atoms with Gasteiger partial charge in [0.1, 0.15) is 0 Å². The number of sulfone groups is 1. The van der Waals surface area contributed by atoms with Gasteiger partial charge in [0.05, 0.1) is 22.7 Å². The molecule has 148 valence electrons. The van der Waals surface area contributed by atoms with Crippen molar-refractivity contribution in [3.05, 3.63) is 51.7 Å². The average molecular weight is 404 g/mol. The number of anilines is 1. The number of aromatic nitrogens is 4. The maximum Gasteiger partial charge on any atom is 0.274 e. The molecule has 0 fully saturated rings. The van der Waals surface area contributed by atoms with E-state index in [4.69, 9.17) is 0 Å². The van der Waals surface area contributed by atoms with Gasteiger partial charge in [-0.05, 0) is 12.8 Å². The van der Waals surface area contributed by atoms with Crippen molar-refractivity contribution in [3.8, 4) is 0 Å². The van der Waals surface area contributed by atoms with Crippen LogP contribution >= 0.6 is 0 Å². The number of rotatable bonds is 6. The van der Waals surface area contributed by atoms with E-state index in [0.717, 1.165) is 11.8 Å². The van der Waals surface area contributed by atoms with Crippen LogP contribution in [0.5, 0.6) is 0 Å². The summed E-state index contributed by atoms with van der Waals surface area (Å²) in [5.41, 5.74) is 1.55. The highest BCUT2D eigenvalue weighted by molar-refractivity contribution is 7.90. The van der Waals surface area contributed by atoms with Gasteiger partial charge in [-0.2, -0.15) is 19.6 Å². The second kappa shape index (κ2) is 7.15. The maximum atomic E-state index is 12.1. The fraction of sp³-hybridized carbons (Fsp3) is 0.353. The van der Waals surface area contributed by atoms with Gasteiger partial charge in [-0.1, -0.05) is 32.0 Å². The minimum Gasteiger partial charge on any atom is -0.347 e. The van der Waals surface area contributed by atoms with Crippen LogP contribution in [0.3, 0.4) is 0 Å². The summed E-state index contributed by atoms with van der Waals surface area (Å²) in [6, 6.07) is 5.80. The Balaban J connectivity index is 2.14. The lowest BCUT2D eigenvalue weighted by Crippen LogP contribution is -2.16. The number of nitro benzene ring substituents is 1. The number of benzene rings is 1. The molecule has 3 rings (SSSR count). The van der Waals surface area contributed by atoms with Crippen LogP contribution in [0.25, 0.3) is 5.65 Å². The Morgan fingerprint density at radius 2 is 1.82 bits per heavy atom. The molecule has 0 bridgehead atoms. The number of nitrogens with one attached hydrogen (secondary N) is 1. The summed E-state index contributed by atoms with van der Waals surface area (Å²) in [6.45, 7) is 5.62. The molecule has 1 unspecified atom stereocenters. The van der Waals surface area contributed by atoms with E-state index >= 15 is 0 Å². The van der Waals surface area contributed by atoms with Crippen molar-refractivity contribution in [1.29, 1.82) is 0 Å². The molecule has 1 N–H and O–H groups in total. The molecule has 0 saturated heterocycles. The summed E-state index contributed by atoms with van der Waals surface area (Å²) in [6.07, 6.45) is 2.64. The smallest absolute Gasteiger partial charge is 0.274 e. The molecule has 0 aliphatic carbocycles. The van der Waals surface area contributed by atoms with Gasteiger partial charge in [0.25, 0.3) is 10.8 Å². The fourth-order valence-electron chi connectivity index (χ4n) is 2.83. The molecule has 11 heteroatoms. The van der Waals surface area contributed by atoms with Crippen LogP contribution in [0, 0.1) is 10.1 Å². The number of para-hydroxylation sites is 1. The Bertz CT molecular complexity index is 1160. The highest BCUT2D eigenvalue weighted by Gasteiger charge is 2.23. The summed E-state index contributed by atoms with van der Waals surface area (Å²) in [5, 5.41) is 18.3. The molecule has 3 aromatic rings. The van der Waals surface area contributed by atoms with E-state index in [9.17, 15) is 18.5 Å². The molecular formula is C17H20N6O4S. The third-order valence-corrected chi connectivity index (χ3v) is 5.12. The van der Waals surface area contributed by atoms with E-state index in [1.54, 1.807) is 31.3 Å². The second-order valence-corrected chi connectivity index (χ2v) is 8.68. The van der Waals surface area contributed by atoms with Crippen molar-refractivity contribution in [2.75, 3.05) is 11.6 Å². The van der Waals surface area contributed by atoms with Crippen molar-refractivity contribution in [2.24, 2.45) is 0 Å². The highest BCUT2D eigenvalue weighted by atomic mass is 32.2. The standard InChI is InChI=1S/C17H20N6O4S/c1-10(2)13-9-18-22-15(13)20-17(28(4,26)27)21-16(22)19-11(3)12-7-5-6-8-14(12)23(24)25/h5-11H,1-4H3,(H,19,20,21). The Labute approximate surface area is 161 Å². The first kappa shape index (κ1) is 19.7. The lowest BCUT2D eigenvalue weighted by Gasteiger charge is -2.16. The minimum absolute atomic E-state index is 0.0422. The molecule has 1 atom stereocenters. The van der Waals surface area contributed by atoms with Crippen molar-refractivity contribution >= 4 is 27.1 Å². The fourth-order valence-corrected chi connectivity index (χ4v) is 3.34. The topological polar surface area (TPSA) is 132 Å². The summed E-state index contributed by atoms with van der Waals surface area (Å²) in [7, 11) is -3.67. The lowest BCUT2D eigenvalue weighted by molar-refractivity contribution is -0.385. The van der Waals surface area contributed by atoms with E-state index in [2.05, 4.69) is 20.4 Å². The van der Waals surface area contributed by atoms with Crippen LogP contribution in [-0.4, -0.2) is 39.2 Å². The van der Waals surface area contributed by atoms with Gasteiger partial charge in [-0.15, -0.1) is 0 Å². The van der Waals surface area contributed by atoms with E-state index in [0.29, 0.717) is 11.2 Å². The first-order chi connectivity index (χ1) is 13.1. The minimum atomic E-state index is -3.67. The van der Waals surface area contributed by atoms with Crippen molar-refractivity contribution in [2.45, 2.75) is 37.9 Å². The number of hydrogen-bond donors (Lipinski definition) is 1. The summed E-state index contributed by atoms with van der Waals surface area (Å²) >= 11 is 0. The van der Waals surface area contributed by atoms with Crippen molar-refractivity contribution < 1.29 is 13.3 Å². The van der Waals surface area contributed by atoms with Gasteiger partial charge >= 0.3 is 0 Å². The monoisotopic (exact) mass is 404 g/mol. The quantitative estimate of drug-likeness (QED) is 0.490. The van der Waals surface area contributed by atoms with E-state index in [-0.39, 0.29) is 22.7 Å². The van der Waals surface area contributed by atoms with Crippen LogP contribution in [-0.2, 0) is 9.84 Å². The maximum absolute atomic E-state index is 12.1. The van der Waals surface area contributed by atoms with Crippen LogP contribution in [0.2, 0.25) is 0 Å². The zero-order valence-electron chi connectivity index (χ0n) is 15.8. The van der Waals surface area contributed by atoms with E-state index in [1.165, 1.54) is 10.6 Å². The average Bonchev–Trinajstić information content (AvgIpc) is 3.05. The van der Waals surface area contributed by atoms with Crippen molar-refractivity contribution in [1.82, 2.24) is 19.6 Å². The van der Waals surface area contributed by atoms with Gasteiger partial charge in [0.15, 0.2) is 5.65 Å². The third-order valence-electron chi connectivity index (χ3n) is 4.27. The molecule has 0 aliphatic heterocycles. The van der Waals surface area contributed by atoms with E-state index < -0.39 is 20.8 Å². The second-order valence-electron chi connectivity index (χ2n) is 6.77. The van der Waals surface area contributed by atoms with Gasteiger partial charge in [-0.25, -0.2) is 8.42 Å². The molecule has 0 aliphatic rings. The largest absolute Gasteiger partial charge is 0.347 e. The number of nitro groups is 1.